The molecule has 142 valence electrons. The molecule has 0 saturated heterocycles. The number of carbonyl (C=O) groups is 2. The van der Waals surface area contributed by atoms with Gasteiger partial charge in [-0.3, -0.25) is 9.59 Å². The Hall–Kier alpha value is -3.10. The fourth-order valence-electron chi connectivity index (χ4n) is 2.20. The minimum Gasteiger partial charge on any atom is -0.326 e. The summed E-state index contributed by atoms with van der Waals surface area (Å²) in [5.74, 6) is -1.00. The van der Waals surface area contributed by atoms with Crippen molar-refractivity contribution >= 4 is 57.2 Å². The maximum absolute atomic E-state index is 12.9. The molecule has 2 aromatic carbocycles. The van der Waals surface area contributed by atoms with Crippen molar-refractivity contribution in [2.24, 2.45) is 0 Å². The number of nitrogens with one attached hydrogen (secondary N) is 2. The first-order valence-electron chi connectivity index (χ1n) is 8.06. The van der Waals surface area contributed by atoms with Crippen LogP contribution >= 0.6 is 22.9 Å². The summed E-state index contributed by atoms with van der Waals surface area (Å²) < 4.78 is 12.9. The van der Waals surface area contributed by atoms with Crippen molar-refractivity contribution in [2.75, 3.05) is 10.6 Å². The Balaban J connectivity index is 1.69. The number of hydrogen-bond donors (Lipinski definition) is 2. The van der Waals surface area contributed by atoms with E-state index in [-0.39, 0.29) is 10.9 Å². The Kier molecular flexibility index (Phi) is 6.13. The minimum atomic E-state index is -0.459. The van der Waals surface area contributed by atoms with Crippen LogP contribution in [-0.4, -0.2) is 22.0 Å². The van der Waals surface area contributed by atoms with Gasteiger partial charge in [0, 0.05) is 18.3 Å². The Morgan fingerprint density at radius 1 is 0.964 bits per heavy atom. The number of benzene rings is 2. The van der Waals surface area contributed by atoms with Gasteiger partial charge in [0.15, 0.2) is 5.01 Å². The molecule has 2 amide bonds. The summed E-state index contributed by atoms with van der Waals surface area (Å²) in [6.45, 7) is 1.43. The van der Waals surface area contributed by atoms with Crippen LogP contribution < -0.4 is 10.6 Å². The maximum Gasteiger partial charge on any atom is 0.286 e. The number of amides is 2. The molecule has 0 aliphatic rings. The van der Waals surface area contributed by atoms with E-state index in [0.717, 1.165) is 16.9 Å². The zero-order chi connectivity index (χ0) is 20.1. The Morgan fingerprint density at radius 2 is 1.54 bits per heavy atom. The van der Waals surface area contributed by atoms with Gasteiger partial charge in [-0.05, 0) is 48.0 Å². The molecule has 0 unspecified atom stereocenters. The van der Waals surface area contributed by atoms with Crippen LogP contribution in [0.3, 0.4) is 0 Å². The molecule has 0 aliphatic heterocycles. The molecule has 0 radical (unpaired) electrons. The molecule has 0 fully saturated rings. The summed E-state index contributed by atoms with van der Waals surface area (Å²) in [4.78, 5) is 23.3. The molecule has 0 spiro atoms. The van der Waals surface area contributed by atoms with Crippen molar-refractivity contribution in [1.82, 2.24) is 10.2 Å². The Morgan fingerprint density at radius 3 is 2.18 bits per heavy atom. The van der Waals surface area contributed by atoms with E-state index in [1.807, 2.05) is 0 Å². The SMILES string of the molecule is CC(=O)Nc1ccc(C=C(Cl)c2nnc(C(=O)Nc3ccc(F)cc3)s2)cc1. The number of rotatable bonds is 5. The predicted molar refractivity (Wildman–Crippen MR) is 109 cm³/mol. The smallest absolute Gasteiger partial charge is 0.286 e. The molecule has 28 heavy (non-hydrogen) atoms. The van der Waals surface area contributed by atoms with Crippen LogP contribution in [0.2, 0.25) is 0 Å². The number of aromatic nitrogens is 2. The van der Waals surface area contributed by atoms with Crippen molar-refractivity contribution in [2.45, 2.75) is 6.92 Å². The fraction of sp³-hybridized carbons (Fsp3) is 0.0526. The van der Waals surface area contributed by atoms with Gasteiger partial charge < -0.3 is 10.6 Å². The van der Waals surface area contributed by atoms with E-state index in [9.17, 15) is 14.0 Å². The number of anilines is 2. The van der Waals surface area contributed by atoms with Crippen LogP contribution in [0, 0.1) is 5.82 Å². The summed E-state index contributed by atoms with van der Waals surface area (Å²) in [5.41, 5.74) is 1.92. The first kappa shape index (κ1) is 19.7. The van der Waals surface area contributed by atoms with E-state index in [2.05, 4.69) is 20.8 Å². The molecule has 9 heteroatoms. The highest BCUT2D eigenvalue weighted by Crippen LogP contribution is 2.26. The molecule has 3 aromatic rings. The van der Waals surface area contributed by atoms with E-state index in [1.54, 1.807) is 30.3 Å². The van der Waals surface area contributed by atoms with Gasteiger partial charge >= 0.3 is 0 Å². The first-order valence-corrected chi connectivity index (χ1v) is 9.26. The maximum atomic E-state index is 12.9. The molecule has 2 N–H and O–H groups in total. The van der Waals surface area contributed by atoms with Gasteiger partial charge in [0.25, 0.3) is 5.91 Å². The van der Waals surface area contributed by atoms with E-state index in [4.69, 9.17) is 11.6 Å². The zero-order valence-corrected chi connectivity index (χ0v) is 16.1. The van der Waals surface area contributed by atoms with Crippen molar-refractivity contribution < 1.29 is 14.0 Å². The number of carbonyl (C=O) groups excluding carboxylic acids is 2. The van der Waals surface area contributed by atoms with E-state index in [1.165, 1.54) is 31.2 Å². The van der Waals surface area contributed by atoms with Crippen molar-refractivity contribution in [1.29, 1.82) is 0 Å². The molecule has 0 saturated carbocycles. The molecule has 3 rings (SSSR count). The Bertz CT molecular complexity index is 1030. The van der Waals surface area contributed by atoms with Crippen LogP contribution in [0.1, 0.15) is 27.3 Å². The largest absolute Gasteiger partial charge is 0.326 e. The lowest BCUT2D eigenvalue weighted by molar-refractivity contribution is -0.114. The highest BCUT2D eigenvalue weighted by molar-refractivity contribution is 7.15. The molecule has 0 aliphatic carbocycles. The summed E-state index contributed by atoms with van der Waals surface area (Å²) in [6, 6.07) is 12.5. The van der Waals surface area contributed by atoms with E-state index >= 15 is 0 Å². The second-order valence-electron chi connectivity index (χ2n) is 5.67. The van der Waals surface area contributed by atoms with Gasteiger partial charge in [-0.25, -0.2) is 4.39 Å². The number of hydrogen-bond acceptors (Lipinski definition) is 5. The van der Waals surface area contributed by atoms with Crippen LogP contribution in [0.4, 0.5) is 15.8 Å². The van der Waals surface area contributed by atoms with Gasteiger partial charge in [-0.1, -0.05) is 35.1 Å². The lowest BCUT2D eigenvalue weighted by Crippen LogP contribution is -2.11. The molecule has 0 atom stereocenters. The van der Waals surface area contributed by atoms with Gasteiger partial charge in [0.05, 0.1) is 5.03 Å². The van der Waals surface area contributed by atoms with Gasteiger partial charge in [0.1, 0.15) is 5.82 Å². The van der Waals surface area contributed by atoms with Crippen LogP contribution in [-0.2, 0) is 4.79 Å². The molecular formula is C19H14ClFN4O2S. The van der Waals surface area contributed by atoms with Crippen molar-refractivity contribution in [3.63, 3.8) is 0 Å². The molecular weight excluding hydrogens is 403 g/mol. The molecule has 6 nitrogen and oxygen atoms in total. The van der Waals surface area contributed by atoms with Gasteiger partial charge in [-0.15, -0.1) is 10.2 Å². The second-order valence-corrected chi connectivity index (χ2v) is 7.05. The van der Waals surface area contributed by atoms with Crippen LogP contribution in [0.5, 0.6) is 0 Å². The topological polar surface area (TPSA) is 84.0 Å². The minimum absolute atomic E-state index is 0.131. The normalized spacial score (nSPS) is 11.2. The van der Waals surface area contributed by atoms with Gasteiger partial charge in [0.2, 0.25) is 10.9 Å². The lowest BCUT2D eigenvalue weighted by Gasteiger charge is -2.02. The Labute approximate surface area is 169 Å². The highest BCUT2D eigenvalue weighted by atomic mass is 35.5. The second kappa shape index (κ2) is 8.73. The van der Waals surface area contributed by atoms with Crippen molar-refractivity contribution in [3.05, 3.63) is 69.9 Å². The highest BCUT2D eigenvalue weighted by Gasteiger charge is 2.15. The third-order valence-corrected chi connectivity index (χ3v) is 4.81. The summed E-state index contributed by atoms with van der Waals surface area (Å²) >= 11 is 7.32. The fourth-order valence-corrected chi connectivity index (χ4v) is 3.13. The van der Waals surface area contributed by atoms with Crippen LogP contribution in [0.25, 0.3) is 11.1 Å². The summed E-state index contributed by atoms with van der Waals surface area (Å²) in [6.07, 6.45) is 1.68. The third kappa shape index (κ3) is 5.21. The number of nitrogens with zero attached hydrogens (tertiary/aromatic N) is 2. The first-order chi connectivity index (χ1) is 13.4. The van der Waals surface area contributed by atoms with E-state index < -0.39 is 11.7 Å². The predicted octanol–water partition coefficient (Wildman–Crippen LogP) is 4.62. The average molecular weight is 417 g/mol. The molecule has 1 heterocycles. The van der Waals surface area contributed by atoms with E-state index in [0.29, 0.717) is 21.4 Å². The zero-order valence-electron chi connectivity index (χ0n) is 14.6. The van der Waals surface area contributed by atoms with Crippen LogP contribution in [0.15, 0.2) is 48.5 Å². The third-order valence-electron chi connectivity index (χ3n) is 3.45. The molecule has 1 aromatic heterocycles. The monoisotopic (exact) mass is 416 g/mol. The summed E-state index contributed by atoms with van der Waals surface area (Å²) in [7, 11) is 0. The van der Waals surface area contributed by atoms with Gasteiger partial charge in [-0.2, -0.15) is 0 Å². The standard InChI is InChI=1S/C19H14ClFN4O2S/c1-11(26)22-14-6-2-12(3-7-14)10-16(20)18-24-25-19(28-18)17(27)23-15-8-4-13(21)5-9-15/h2-10H,1H3,(H,22,26)(H,23,27). The summed E-state index contributed by atoms with van der Waals surface area (Å²) in [5, 5.41) is 13.9. The lowest BCUT2D eigenvalue weighted by atomic mass is 10.2. The molecule has 0 bridgehead atoms. The quantitative estimate of drug-likeness (QED) is 0.635. The average Bonchev–Trinajstić information content (AvgIpc) is 3.15. The number of halogens is 2. The van der Waals surface area contributed by atoms with Crippen molar-refractivity contribution in [3.8, 4) is 0 Å².